The molecule has 71 heavy (non-hydrogen) atoms. The normalized spacial score (nSPS) is 10.9. The molecule has 7 rings (SSSR count). The summed E-state index contributed by atoms with van der Waals surface area (Å²) < 4.78 is 70.5. The molecule has 3 aromatic carbocycles. The lowest BCUT2D eigenvalue weighted by Crippen LogP contribution is -2.34. The fourth-order valence-electron chi connectivity index (χ4n) is 5.65. The minimum Gasteiger partial charge on any atom is -0.506 e. The number of ether oxygens (including phenoxy) is 3. The van der Waals surface area contributed by atoms with Crippen molar-refractivity contribution in [1.29, 1.82) is 0 Å². The molecule has 3 N–H and O–H groups in total. The van der Waals surface area contributed by atoms with Crippen LogP contribution in [0.15, 0.2) is 98.3 Å². The third kappa shape index (κ3) is 15.7. The molecule has 0 unspecified atom stereocenters. The highest BCUT2D eigenvalue weighted by molar-refractivity contribution is 7.98. The van der Waals surface area contributed by atoms with Crippen molar-refractivity contribution in [2.45, 2.75) is 31.0 Å². The topological polar surface area (TPSA) is 209 Å². The minimum absolute atomic E-state index is 0.00240. The zero-order valence-corrected chi connectivity index (χ0v) is 42.7. The number of aromatic amines is 2. The van der Waals surface area contributed by atoms with E-state index in [1.165, 1.54) is 54.5 Å². The van der Waals surface area contributed by atoms with Gasteiger partial charge in [0.05, 0.1) is 43.9 Å². The van der Waals surface area contributed by atoms with Crippen LogP contribution in [-0.2, 0) is 18.1 Å². The Labute approximate surface area is 441 Å². The first-order valence-corrected chi connectivity index (χ1v) is 24.9. The predicted molar refractivity (Wildman–Crippen MR) is 270 cm³/mol. The quantitative estimate of drug-likeness (QED) is 0.0645. The van der Waals surface area contributed by atoms with Crippen molar-refractivity contribution in [3.63, 3.8) is 0 Å². The molecule has 0 radical (unpaired) electrons. The van der Waals surface area contributed by atoms with E-state index >= 15 is 0 Å². The Balaban J connectivity index is 0.000000250. The van der Waals surface area contributed by atoms with E-state index in [4.69, 9.17) is 95.0 Å². The maximum absolute atomic E-state index is 13.1. The Morgan fingerprint density at radius 1 is 0.662 bits per heavy atom. The molecule has 7 aromatic rings. The zero-order chi connectivity index (χ0) is 52.1. The van der Waals surface area contributed by atoms with Gasteiger partial charge in [0.15, 0.2) is 22.9 Å². The molecular weight excluding hydrogens is 1130 g/mol. The number of rotatable bonds is 15. The van der Waals surface area contributed by atoms with Crippen LogP contribution in [0.25, 0.3) is 11.4 Å². The summed E-state index contributed by atoms with van der Waals surface area (Å²) in [6, 6.07) is 17.8. The average Bonchev–Trinajstić information content (AvgIpc) is 3.30. The van der Waals surface area contributed by atoms with Crippen molar-refractivity contribution in [2.75, 3.05) is 12.5 Å². The van der Waals surface area contributed by atoms with Crippen molar-refractivity contribution < 1.29 is 36.9 Å². The molecule has 0 aliphatic rings. The minimum atomic E-state index is -3.19. The molecule has 0 saturated carbocycles. The number of thioether (sulfide) groups is 2. The molecule has 30 heteroatoms. The summed E-state index contributed by atoms with van der Waals surface area (Å²) in [5.74, 6) is 2.04. The van der Waals surface area contributed by atoms with E-state index in [2.05, 4.69) is 20.2 Å². The van der Waals surface area contributed by atoms with Gasteiger partial charge in [-0.1, -0.05) is 76.7 Å². The smallest absolute Gasteiger partial charge is 0.450 e. The Bertz CT molecular complexity index is 3190. The molecule has 374 valence electrons. The number of hydrogen-bond donors (Lipinski definition) is 3. The second-order valence-corrected chi connectivity index (χ2v) is 18.9. The van der Waals surface area contributed by atoms with E-state index in [-0.39, 0.29) is 60.5 Å². The van der Waals surface area contributed by atoms with Gasteiger partial charge in [0, 0.05) is 34.8 Å². The van der Waals surface area contributed by atoms with Crippen LogP contribution in [-0.4, -0.2) is 62.1 Å². The molecule has 0 aliphatic carbocycles. The molecule has 0 amide bonds. The molecule has 0 spiro atoms. The highest BCUT2D eigenvalue weighted by atomic mass is 35.6. The summed E-state index contributed by atoms with van der Waals surface area (Å²) in [6.07, 6.45) is 0.179. The van der Waals surface area contributed by atoms with Crippen LogP contribution >= 0.6 is 104 Å². The van der Waals surface area contributed by atoms with Gasteiger partial charge in [0.1, 0.15) is 18.1 Å². The van der Waals surface area contributed by atoms with Crippen molar-refractivity contribution in [3.8, 4) is 46.1 Å². The zero-order valence-electron chi connectivity index (χ0n) is 35.8. The van der Waals surface area contributed by atoms with Crippen molar-refractivity contribution in [1.82, 2.24) is 39.5 Å². The standard InChI is InChI=1S/C24H18Cl2F2N4O4S.C17H12Cl2F2N4O4S.BCl3/c1-37-12-14-7-19(29-10-18(14)35-11-13-5-3-2-4-6-13)36-21-16(25)8-15(9-17(21)26)32-24(34)30-23(33)20(31-32)22(27)28;1-30-6-7-2-12(22-5-11(7)26)29-14-9(18)3-8(4-10(14)19)25-17(28)23-16(27)13(24-25)15(20)21;2-1(3)4/h2-10,22H,11-12H2,1H3,(H,30,33,34);2-5,15,26H,6H2,1H3,(H,23,27,28);. The number of aromatic nitrogens is 8. The Kier molecular flexibility index (Phi) is 21.2. The highest BCUT2D eigenvalue weighted by Crippen LogP contribution is 2.40. The van der Waals surface area contributed by atoms with Gasteiger partial charge in [-0.25, -0.2) is 37.1 Å². The summed E-state index contributed by atoms with van der Waals surface area (Å²) in [7, 11) is 0. The second-order valence-electron chi connectivity index (χ2n) is 13.6. The molecule has 4 heterocycles. The summed E-state index contributed by atoms with van der Waals surface area (Å²) >= 11 is 42.6. The van der Waals surface area contributed by atoms with Crippen molar-refractivity contribution in [2.24, 2.45) is 0 Å². The second kappa shape index (κ2) is 26.5. The summed E-state index contributed by atoms with van der Waals surface area (Å²) in [4.78, 5) is 58.2. The SMILES string of the molecule is CSCc1cc(Oc2c(Cl)cc(-n3nc(C(F)F)c(=O)[nH]c3=O)cc2Cl)ncc1O.CSCc1cc(Oc2c(Cl)cc(-n3nc(C(F)F)c(=O)[nH]c3=O)cc2Cl)ncc1OCc1ccccc1.ClB(Cl)Cl. The number of benzene rings is 3. The third-order valence-electron chi connectivity index (χ3n) is 8.69. The number of nitrogens with zero attached hydrogens (tertiary/aromatic N) is 6. The molecule has 0 fully saturated rings. The highest BCUT2D eigenvalue weighted by Gasteiger charge is 2.22. The fraction of sp³-hybridized carbons (Fsp3) is 0.171. The summed E-state index contributed by atoms with van der Waals surface area (Å²) in [6.45, 7) is 0.370. The van der Waals surface area contributed by atoms with E-state index < -0.39 is 51.7 Å². The Hall–Kier alpha value is -5.11. The van der Waals surface area contributed by atoms with E-state index in [9.17, 15) is 41.8 Å². The molecule has 4 aromatic heterocycles. The lowest BCUT2D eigenvalue weighted by molar-refractivity contribution is 0.141. The summed E-state index contributed by atoms with van der Waals surface area (Å²) in [5.41, 5.74) is -4.59. The van der Waals surface area contributed by atoms with Crippen molar-refractivity contribution in [3.05, 3.63) is 169 Å². The molecule has 0 aliphatic heterocycles. The van der Waals surface area contributed by atoms with Gasteiger partial charge in [-0.05, 0) is 42.3 Å². The van der Waals surface area contributed by atoms with Crippen LogP contribution in [0.2, 0.25) is 20.1 Å². The van der Waals surface area contributed by atoms with E-state index in [0.29, 0.717) is 38.8 Å². The van der Waals surface area contributed by atoms with E-state index in [1.807, 2.05) is 42.8 Å². The summed E-state index contributed by atoms with van der Waals surface area (Å²) in [5, 5.41) is 16.4. The number of halogens is 11. The molecule has 0 bridgehead atoms. The monoisotopic (exact) mass is 1160 g/mol. The Morgan fingerprint density at radius 2 is 1.07 bits per heavy atom. The number of H-pyrrole nitrogens is 2. The van der Waals surface area contributed by atoms with Gasteiger partial charge >= 0.3 is 16.3 Å². The third-order valence-corrected chi connectivity index (χ3v) is 11.0. The first-order valence-electron chi connectivity index (χ1n) is 19.3. The van der Waals surface area contributed by atoms with Gasteiger partial charge in [0.25, 0.3) is 24.0 Å². The molecule has 0 saturated heterocycles. The van der Waals surface area contributed by atoms with Gasteiger partial charge in [-0.3, -0.25) is 19.6 Å². The van der Waals surface area contributed by atoms with Crippen LogP contribution in [0, 0.1) is 0 Å². The van der Waals surface area contributed by atoms with Gasteiger partial charge in [-0.2, -0.15) is 77.5 Å². The van der Waals surface area contributed by atoms with Gasteiger partial charge in [0.2, 0.25) is 11.8 Å². The number of hydrogen-bond acceptors (Lipinski definition) is 14. The van der Waals surface area contributed by atoms with Crippen LogP contribution < -0.4 is 36.7 Å². The predicted octanol–water partition coefficient (Wildman–Crippen LogP) is 11.4. The lowest BCUT2D eigenvalue weighted by Gasteiger charge is -2.14. The van der Waals surface area contributed by atoms with Crippen molar-refractivity contribution >= 4 is 109 Å². The largest absolute Gasteiger partial charge is 0.506 e. The Morgan fingerprint density at radius 3 is 1.49 bits per heavy atom. The maximum atomic E-state index is 13.1. The molecule has 0 atom stereocenters. The van der Waals surface area contributed by atoms with Gasteiger partial charge in [-0.15, -0.1) is 0 Å². The number of pyridine rings is 2. The number of aromatic hydroxyl groups is 1. The van der Waals surface area contributed by atoms with E-state index in [0.717, 1.165) is 11.1 Å². The lowest BCUT2D eigenvalue weighted by atomic mass is 10.2. The van der Waals surface area contributed by atoms with Crippen LogP contribution in [0.1, 0.15) is 40.9 Å². The fourth-order valence-corrected chi connectivity index (χ4v) is 7.83. The average molecular weight is 1160 g/mol. The first-order chi connectivity index (χ1) is 33.7. The molecular formula is C41H30BCl7F4N8O8S2. The van der Waals surface area contributed by atoms with Gasteiger partial charge < -0.3 is 19.3 Å². The number of alkyl halides is 4. The van der Waals surface area contributed by atoms with Crippen LogP contribution in [0.3, 0.4) is 0 Å². The van der Waals surface area contributed by atoms with E-state index in [1.54, 1.807) is 27.8 Å². The molecule has 16 nitrogen and oxygen atoms in total. The number of nitrogens with one attached hydrogen (secondary N) is 2. The van der Waals surface area contributed by atoms with Crippen LogP contribution in [0.4, 0.5) is 17.6 Å². The first kappa shape index (κ1) is 56.8. The van der Waals surface area contributed by atoms with Crippen LogP contribution in [0.5, 0.6) is 34.8 Å². The maximum Gasteiger partial charge on any atom is 0.450 e.